The maximum Gasteiger partial charge on any atom is 0.213 e. The predicted molar refractivity (Wildman–Crippen MR) is 66.5 cm³/mol. The summed E-state index contributed by atoms with van der Waals surface area (Å²) in [6.45, 7) is 4.45. The monoisotopic (exact) mass is 238 g/mol. The van der Waals surface area contributed by atoms with Gasteiger partial charge in [0.15, 0.2) is 0 Å². The quantitative estimate of drug-likeness (QED) is 0.301. The molecular formula is C11H18N4O2. The first-order valence-electron chi connectivity index (χ1n) is 5.47. The Hall–Kier alpha value is -1.98. The van der Waals surface area contributed by atoms with E-state index < -0.39 is 0 Å². The molecule has 0 aromatic carbocycles. The van der Waals surface area contributed by atoms with Crippen LogP contribution < -0.4 is 15.8 Å². The van der Waals surface area contributed by atoms with Crippen molar-refractivity contribution in [1.82, 2.24) is 4.98 Å². The molecule has 1 atom stereocenters. The van der Waals surface area contributed by atoms with Crippen molar-refractivity contribution in [2.75, 3.05) is 11.9 Å². The number of rotatable bonds is 6. The molecule has 6 nitrogen and oxygen atoms in total. The number of ether oxygens (including phenoxy) is 1. The van der Waals surface area contributed by atoms with E-state index in [-0.39, 0.29) is 11.9 Å². The third kappa shape index (κ3) is 4.58. The van der Waals surface area contributed by atoms with Gasteiger partial charge in [-0.2, -0.15) is 0 Å². The largest absolute Gasteiger partial charge is 0.478 e. The van der Waals surface area contributed by atoms with Crippen LogP contribution in [-0.2, 0) is 0 Å². The molecule has 1 aromatic rings. The zero-order valence-electron chi connectivity index (χ0n) is 10.1. The summed E-state index contributed by atoms with van der Waals surface area (Å²) in [7, 11) is 0. The van der Waals surface area contributed by atoms with Gasteiger partial charge in [-0.25, -0.2) is 4.98 Å². The van der Waals surface area contributed by atoms with Gasteiger partial charge < -0.3 is 21.0 Å². The molecule has 0 saturated heterocycles. The lowest BCUT2D eigenvalue weighted by Gasteiger charge is -2.14. The summed E-state index contributed by atoms with van der Waals surface area (Å²) < 4.78 is 5.24. The van der Waals surface area contributed by atoms with Crippen molar-refractivity contribution in [1.29, 1.82) is 0 Å². The molecule has 17 heavy (non-hydrogen) atoms. The van der Waals surface area contributed by atoms with Crippen LogP contribution in [0.2, 0.25) is 0 Å². The summed E-state index contributed by atoms with van der Waals surface area (Å²) in [5, 5.41) is 14.6. The highest BCUT2D eigenvalue weighted by atomic mass is 16.5. The first-order chi connectivity index (χ1) is 8.15. The number of hydrogen-bond acceptors (Lipinski definition) is 5. The molecule has 6 heteroatoms. The number of nitrogens with two attached hydrogens (primary N) is 1. The fraction of sp³-hybridized carbons (Fsp3) is 0.455. The fourth-order valence-electron chi connectivity index (χ4n) is 1.39. The van der Waals surface area contributed by atoms with Gasteiger partial charge in [0.25, 0.3) is 0 Å². The molecule has 0 aliphatic carbocycles. The van der Waals surface area contributed by atoms with Crippen LogP contribution >= 0.6 is 0 Å². The van der Waals surface area contributed by atoms with Gasteiger partial charge in [-0.3, -0.25) is 0 Å². The lowest BCUT2D eigenvalue weighted by atomic mass is 10.2. The molecule has 0 amide bonds. The summed E-state index contributed by atoms with van der Waals surface area (Å²) in [4.78, 5) is 4.13. The number of pyridine rings is 1. The van der Waals surface area contributed by atoms with Crippen LogP contribution in [0.4, 0.5) is 5.69 Å². The Bertz CT molecular complexity index is 364. The van der Waals surface area contributed by atoms with E-state index >= 15 is 0 Å². The number of aromatic nitrogens is 1. The number of hydrogen-bond donors (Lipinski definition) is 3. The highest BCUT2D eigenvalue weighted by Gasteiger charge is 2.05. The molecule has 4 N–H and O–H groups in total. The minimum Gasteiger partial charge on any atom is -0.478 e. The summed E-state index contributed by atoms with van der Waals surface area (Å²) in [5.41, 5.74) is 6.28. The zero-order chi connectivity index (χ0) is 12.7. The van der Waals surface area contributed by atoms with Gasteiger partial charge in [0.2, 0.25) is 5.88 Å². The maximum absolute atomic E-state index is 8.45. The average Bonchev–Trinajstić information content (AvgIpc) is 2.31. The van der Waals surface area contributed by atoms with Crippen LogP contribution in [0, 0.1) is 0 Å². The van der Waals surface area contributed by atoms with E-state index in [0.717, 1.165) is 5.69 Å². The molecule has 1 rings (SSSR count). The summed E-state index contributed by atoms with van der Waals surface area (Å²) in [5.74, 6) is 0.797. The molecular weight excluding hydrogens is 220 g/mol. The fourth-order valence-corrected chi connectivity index (χ4v) is 1.39. The molecule has 0 spiro atoms. The van der Waals surface area contributed by atoms with E-state index in [4.69, 9.17) is 15.7 Å². The van der Waals surface area contributed by atoms with Crippen molar-refractivity contribution in [2.45, 2.75) is 26.3 Å². The average molecular weight is 238 g/mol. The summed E-state index contributed by atoms with van der Waals surface area (Å²) in [6.07, 6.45) is 2.15. The topological polar surface area (TPSA) is 92.8 Å². The highest BCUT2D eigenvalue weighted by molar-refractivity contribution is 5.80. The van der Waals surface area contributed by atoms with E-state index in [1.165, 1.54) is 0 Å². The second kappa shape index (κ2) is 6.57. The predicted octanol–water partition coefficient (Wildman–Crippen LogP) is 1.42. The van der Waals surface area contributed by atoms with Crippen molar-refractivity contribution >= 4 is 11.5 Å². The van der Waals surface area contributed by atoms with Crippen LogP contribution in [0.3, 0.4) is 0 Å². The first kappa shape index (κ1) is 13.1. The number of anilines is 1. The normalized spacial score (nSPS) is 13.2. The van der Waals surface area contributed by atoms with Gasteiger partial charge in [0.1, 0.15) is 5.84 Å². The van der Waals surface area contributed by atoms with E-state index in [1.807, 2.05) is 19.9 Å². The second-order valence-corrected chi connectivity index (χ2v) is 3.66. The van der Waals surface area contributed by atoms with Crippen LogP contribution in [0.5, 0.6) is 5.88 Å². The standard InChI is InChI=1S/C11H18N4O2/c1-3-17-11-5-4-9(7-13-11)14-8(2)6-10(12)15-16/h4-5,7-8,14,16H,3,6H2,1-2H3,(H2,12,15). The van der Waals surface area contributed by atoms with Gasteiger partial charge >= 0.3 is 0 Å². The van der Waals surface area contributed by atoms with Crippen molar-refractivity contribution < 1.29 is 9.94 Å². The van der Waals surface area contributed by atoms with Gasteiger partial charge in [-0.05, 0) is 19.9 Å². The van der Waals surface area contributed by atoms with Crippen LogP contribution in [0.25, 0.3) is 0 Å². The highest BCUT2D eigenvalue weighted by Crippen LogP contribution is 2.13. The SMILES string of the molecule is CCOc1ccc(NC(C)CC(N)=NO)cn1. The Morgan fingerprint density at radius 1 is 1.65 bits per heavy atom. The summed E-state index contributed by atoms with van der Waals surface area (Å²) in [6, 6.07) is 3.73. The van der Waals surface area contributed by atoms with Crippen LogP contribution in [0.1, 0.15) is 20.3 Å². The first-order valence-corrected chi connectivity index (χ1v) is 5.47. The van der Waals surface area contributed by atoms with Crippen LogP contribution in [0.15, 0.2) is 23.5 Å². The third-order valence-electron chi connectivity index (χ3n) is 2.09. The smallest absolute Gasteiger partial charge is 0.213 e. The molecule has 0 bridgehead atoms. The molecule has 1 aromatic heterocycles. The molecule has 0 aliphatic rings. The number of amidine groups is 1. The Balaban J connectivity index is 2.51. The molecule has 1 heterocycles. The van der Waals surface area contributed by atoms with E-state index in [2.05, 4.69) is 15.5 Å². The van der Waals surface area contributed by atoms with E-state index in [9.17, 15) is 0 Å². The lowest BCUT2D eigenvalue weighted by Crippen LogP contribution is -2.24. The van der Waals surface area contributed by atoms with Crippen molar-refractivity contribution in [3.8, 4) is 5.88 Å². The van der Waals surface area contributed by atoms with Crippen molar-refractivity contribution in [3.63, 3.8) is 0 Å². The van der Waals surface area contributed by atoms with Gasteiger partial charge in [-0.1, -0.05) is 5.16 Å². The maximum atomic E-state index is 8.45. The minimum atomic E-state index is 0.0608. The van der Waals surface area contributed by atoms with E-state index in [1.54, 1.807) is 12.3 Å². The number of oxime groups is 1. The lowest BCUT2D eigenvalue weighted by molar-refractivity contribution is 0.316. The van der Waals surface area contributed by atoms with Gasteiger partial charge in [0.05, 0.1) is 18.5 Å². The van der Waals surface area contributed by atoms with Crippen molar-refractivity contribution in [2.24, 2.45) is 10.9 Å². The molecule has 0 saturated carbocycles. The molecule has 94 valence electrons. The molecule has 0 aliphatic heterocycles. The Morgan fingerprint density at radius 2 is 2.41 bits per heavy atom. The number of nitrogens with zero attached hydrogens (tertiary/aromatic N) is 2. The molecule has 0 radical (unpaired) electrons. The minimum absolute atomic E-state index is 0.0608. The third-order valence-corrected chi connectivity index (χ3v) is 2.09. The Labute approximate surface area is 100 Å². The van der Waals surface area contributed by atoms with E-state index in [0.29, 0.717) is 18.9 Å². The van der Waals surface area contributed by atoms with Crippen LogP contribution in [-0.4, -0.2) is 28.7 Å². The molecule has 1 unspecified atom stereocenters. The molecule has 0 fully saturated rings. The summed E-state index contributed by atoms with van der Waals surface area (Å²) >= 11 is 0. The zero-order valence-corrected chi connectivity index (χ0v) is 10.1. The van der Waals surface area contributed by atoms with Gasteiger partial charge in [0, 0.05) is 18.5 Å². The van der Waals surface area contributed by atoms with Gasteiger partial charge in [-0.15, -0.1) is 0 Å². The Kier molecular flexibility index (Phi) is 5.06. The number of nitrogens with one attached hydrogen (secondary N) is 1. The van der Waals surface area contributed by atoms with Crippen molar-refractivity contribution in [3.05, 3.63) is 18.3 Å². The Morgan fingerprint density at radius 3 is 2.94 bits per heavy atom. The second-order valence-electron chi connectivity index (χ2n) is 3.66.